The van der Waals surface area contributed by atoms with Crippen LogP contribution in [0.3, 0.4) is 0 Å². The average Bonchev–Trinajstić information content (AvgIpc) is 3.27. The van der Waals surface area contributed by atoms with Crippen molar-refractivity contribution >= 4 is 35.5 Å². The highest BCUT2D eigenvalue weighted by atomic mass is 35.5. The Morgan fingerprint density at radius 1 is 0.931 bits per heavy atom. The van der Waals surface area contributed by atoms with E-state index in [0.29, 0.717) is 16.1 Å². The first kappa shape index (κ1) is 19.9. The summed E-state index contributed by atoms with van der Waals surface area (Å²) < 4.78 is 10.3. The molecule has 3 rings (SSSR count). The topological polar surface area (TPSA) is 97.6 Å². The molecule has 146 valence electrons. The van der Waals surface area contributed by atoms with E-state index >= 15 is 0 Å². The number of furan rings is 1. The Morgan fingerprint density at radius 3 is 2.41 bits per heavy atom. The summed E-state index contributed by atoms with van der Waals surface area (Å²) in [4.78, 5) is 35.9. The highest BCUT2D eigenvalue weighted by molar-refractivity contribution is 6.30. The van der Waals surface area contributed by atoms with Gasteiger partial charge >= 0.3 is 11.9 Å². The van der Waals surface area contributed by atoms with Gasteiger partial charge in [-0.1, -0.05) is 29.8 Å². The van der Waals surface area contributed by atoms with Crippen molar-refractivity contribution in [2.45, 2.75) is 0 Å². The SMILES string of the molecule is O=C(/C=C/c1ccccc1OC(=O)c1ccc(Cl)cc1)NNC(=O)c1ccco1. The average molecular weight is 411 g/mol. The van der Waals surface area contributed by atoms with Gasteiger partial charge in [0.15, 0.2) is 5.76 Å². The molecule has 0 fully saturated rings. The van der Waals surface area contributed by atoms with Gasteiger partial charge in [0, 0.05) is 16.7 Å². The Hall–Kier alpha value is -3.84. The second-order valence-electron chi connectivity index (χ2n) is 5.69. The monoisotopic (exact) mass is 410 g/mol. The van der Waals surface area contributed by atoms with E-state index in [0.717, 1.165) is 0 Å². The third-order valence-electron chi connectivity index (χ3n) is 3.66. The van der Waals surface area contributed by atoms with Crippen LogP contribution in [0.4, 0.5) is 0 Å². The number of carbonyl (C=O) groups is 3. The lowest BCUT2D eigenvalue weighted by Crippen LogP contribution is -2.40. The van der Waals surface area contributed by atoms with Crippen LogP contribution >= 0.6 is 11.6 Å². The number of benzene rings is 2. The molecule has 1 heterocycles. The molecule has 29 heavy (non-hydrogen) atoms. The van der Waals surface area contributed by atoms with Crippen molar-refractivity contribution < 1.29 is 23.5 Å². The fraction of sp³-hybridized carbons (Fsp3) is 0. The number of ether oxygens (including phenoxy) is 1. The molecule has 2 N–H and O–H groups in total. The van der Waals surface area contributed by atoms with Gasteiger partial charge in [-0.2, -0.15) is 0 Å². The maximum absolute atomic E-state index is 12.3. The number of nitrogens with one attached hydrogen (secondary N) is 2. The Bertz CT molecular complexity index is 1040. The van der Waals surface area contributed by atoms with Crippen molar-refractivity contribution in [1.82, 2.24) is 10.9 Å². The van der Waals surface area contributed by atoms with Crippen LogP contribution in [-0.2, 0) is 4.79 Å². The van der Waals surface area contributed by atoms with Crippen LogP contribution in [0.5, 0.6) is 5.75 Å². The fourth-order valence-electron chi connectivity index (χ4n) is 2.25. The zero-order valence-corrected chi connectivity index (χ0v) is 15.7. The van der Waals surface area contributed by atoms with Crippen molar-refractivity contribution in [3.8, 4) is 5.75 Å². The standard InChI is InChI=1S/C21H15ClN2O5/c22-16-10-7-15(8-11-16)21(27)29-17-5-2-1-4-14(17)9-12-19(25)23-24-20(26)18-6-3-13-28-18/h1-13H,(H,23,25)(H,24,26)/b12-9+. The summed E-state index contributed by atoms with van der Waals surface area (Å²) in [5, 5.41) is 0.509. The summed E-state index contributed by atoms with van der Waals surface area (Å²) in [6.45, 7) is 0. The number of halogens is 1. The van der Waals surface area contributed by atoms with Crippen LogP contribution < -0.4 is 15.6 Å². The molecule has 0 saturated carbocycles. The maximum atomic E-state index is 12.3. The minimum atomic E-state index is -0.589. The zero-order chi connectivity index (χ0) is 20.6. The van der Waals surface area contributed by atoms with Crippen LogP contribution in [-0.4, -0.2) is 17.8 Å². The highest BCUT2D eigenvalue weighted by Gasteiger charge is 2.11. The summed E-state index contributed by atoms with van der Waals surface area (Å²) in [5.41, 5.74) is 5.28. The van der Waals surface area contributed by atoms with Gasteiger partial charge in [-0.05, 0) is 48.5 Å². The summed E-state index contributed by atoms with van der Waals surface area (Å²) in [5.74, 6) is -1.39. The van der Waals surface area contributed by atoms with Crippen molar-refractivity contribution in [1.29, 1.82) is 0 Å². The minimum absolute atomic E-state index is 0.0636. The molecule has 2 aromatic carbocycles. The quantitative estimate of drug-likeness (QED) is 0.290. The van der Waals surface area contributed by atoms with E-state index in [4.69, 9.17) is 20.8 Å². The molecule has 0 radical (unpaired) electrons. The third kappa shape index (κ3) is 5.57. The van der Waals surface area contributed by atoms with Gasteiger partial charge in [0.25, 0.3) is 5.91 Å². The van der Waals surface area contributed by atoms with Crippen LogP contribution in [0, 0.1) is 0 Å². The van der Waals surface area contributed by atoms with Gasteiger partial charge in [0.1, 0.15) is 5.75 Å². The van der Waals surface area contributed by atoms with E-state index in [1.54, 1.807) is 54.6 Å². The van der Waals surface area contributed by atoms with E-state index in [1.807, 2.05) is 0 Å². The van der Waals surface area contributed by atoms with E-state index in [-0.39, 0.29) is 11.5 Å². The maximum Gasteiger partial charge on any atom is 0.343 e. The molecule has 3 aromatic rings. The lowest BCUT2D eigenvalue weighted by molar-refractivity contribution is -0.117. The van der Waals surface area contributed by atoms with Gasteiger partial charge in [0.2, 0.25) is 0 Å². The lowest BCUT2D eigenvalue weighted by Gasteiger charge is -2.08. The van der Waals surface area contributed by atoms with Crippen molar-refractivity contribution in [3.05, 3.63) is 94.9 Å². The number of esters is 1. The first-order valence-corrected chi connectivity index (χ1v) is 8.79. The summed E-state index contributed by atoms with van der Waals surface area (Å²) in [6, 6.07) is 16.0. The van der Waals surface area contributed by atoms with E-state index in [9.17, 15) is 14.4 Å². The zero-order valence-electron chi connectivity index (χ0n) is 14.9. The Balaban J connectivity index is 1.62. The first-order valence-electron chi connectivity index (χ1n) is 8.41. The second kappa shape index (κ2) is 9.38. The molecule has 0 spiro atoms. The number of carbonyl (C=O) groups excluding carboxylic acids is 3. The van der Waals surface area contributed by atoms with Gasteiger partial charge in [-0.25, -0.2) is 4.79 Å². The summed E-state index contributed by atoms with van der Waals surface area (Å²) in [7, 11) is 0. The van der Waals surface area contributed by atoms with Crippen LogP contribution in [0.25, 0.3) is 6.08 Å². The number of hydrogen-bond acceptors (Lipinski definition) is 5. The molecule has 8 heteroatoms. The molecule has 0 atom stereocenters. The van der Waals surface area contributed by atoms with Crippen molar-refractivity contribution in [2.24, 2.45) is 0 Å². The van der Waals surface area contributed by atoms with Gasteiger partial charge in [-0.3, -0.25) is 20.4 Å². The van der Waals surface area contributed by atoms with Crippen LogP contribution in [0.2, 0.25) is 5.02 Å². The first-order chi connectivity index (χ1) is 14.0. The normalized spacial score (nSPS) is 10.5. The molecule has 1 aromatic heterocycles. The number of hydrazine groups is 1. The Kier molecular flexibility index (Phi) is 6.44. The minimum Gasteiger partial charge on any atom is -0.459 e. The van der Waals surface area contributed by atoms with Gasteiger partial charge < -0.3 is 9.15 Å². The third-order valence-corrected chi connectivity index (χ3v) is 3.91. The van der Waals surface area contributed by atoms with Crippen molar-refractivity contribution in [3.63, 3.8) is 0 Å². The van der Waals surface area contributed by atoms with E-state index in [2.05, 4.69) is 10.9 Å². The fourth-order valence-corrected chi connectivity index (χ4v) is 2.38. The van der Waals surface area contributed by atoms with Crippen LogP contribution in [0.1, 0.15) is 26.5 Å². The van der Waals surface area contributed by atoms with Crippen molar-refractivity contribution in [2.75, 3.05) is 0 Å². The molecule has 0 aliphatic carbocycles. The second-order valence-corrected chi connectivity index (χ2v) is 6.12. The number of amides is 2. The van der Waals surface area contributed by atoms with Gasteiger partial charge in [0.05, 0.1) is 11.8 Å². The highest BCUT2D eigenvalue weighted by Crippen LogP contribution is 2.21. The molecular weight excluding hydrogens is 396 g/mol. The predicted octanol–water partition coefficient (Wildman–Crippen LogP) is 3.63. The summed E-state index contributed by atoms with van der Waals surface area (Å²) >= 11 is 5.82. The molecular formula is C21H15ClN2O5. The molecule has 0 aliphatic rings. The molecule has 7 nitrogen and oxygen atoms in total. The van der Waals surface area contributed by atoms with Gasteiger partial charge in [-0.15, -0.1) is 0 Å². The smallest absolute Gasteiger partial charge is 0.343 e. The Labute approximate surface area is 170 Å². The molecule has 2 amide bonds. The number of rotatable bonds is 5. The lowest BCUT2D eigenvalue weighted by atomic mass is 10.2. The largest absolute Gasteiger partial charge is 0.459 e. The molecule has 0 unspecified atom stereocenters. The number of para-hydroxylation sites is 1. The molecule has 0 bridgehead atoms. The van der Waals surface area contributed by atoms with Crippen LogP contribution in [0.15, 0.2) is 77.4 Å². The number of hydrogen-bond donors (Lipinski definition) is 2. The molecule has 0 aliphatic heterocycles. The summed E-state index contributed by atoms with van der Waals surface area (Å²) in [6.07, 6.45) is 4.00. The Morgan fingerprint density at radius 2 is 1.69 bits per heavy atom. The van der Waals surface area contributed by atoms with E-state index < -0.39 is 17.8 Å². The predicted molar refractivity (Wildman–Crippen MR) is 106 cm³/mol. The molecule has 0 saturated heterocycles. The van der Waals surface area contributed by atoms with E-state index in [1.165, 1.54) is 24.5 Å².